The predicted octanol–water partition coefficient (Wildman–Crippen LogP) is 2.27. The summed E-state index contributed by atoms with van der Waals surface area (Å²) in [5.41, 5.74) is 8.93. The average Bonchev–Trinajstić information content (AvgIpc) is 3.65. The quantitative estimate of drug-likeness (QED) is 0.474. The van der Waals surface area contributed by atoms with E-state index in [1.807, 2.05) is 0 Å². The van der Waals surface area contributed by atoms with Crippen molar-refractivity contribution in [3.63, 3.8) is 0 Å². The van der Waals surface area contributed by atoms with Gasteiger partial charge in [-0.25, -0.2) is 0 Å². The van der Waals surface area contributed by atoms with Crippen molar-refractivity contribution in [1.82, 2.24) is 0 Å². The van der Waals surface area contributed by atoms with Crippen LogP contribution in [0.15, 0.2) is 47.5 Å². The Kier molecular flexibility index (Phi) is 7.64. The Hall–Kier alpha value is 0.180. The minimum Gasteiger partial charge on any atom is -1.00 e. The fourth-order valence-electron chi connectivity index (χ4n) is 5.75. The van der Waals surface area contributed by atoms with E-state index in [-0.39, 0.29) is 24.8 Å². The van der Waals surface area contributed by atoms with Crippen molar-refractivity contribution >= 4 is 40.8 Å². The summed E-state index contributed by atoms with van der Waals surface area (Å²) in [6.45, 7) is 5.22. The fraction of sp³-hybridized carbons (Fsp3) is 0.385. The molecule has 2 saturated carbocycles. The van der Waals surface area contributed by atoms with E-state index in [2.05, 4.69) is 61.6 Å². The van der Waals surface area contributed by atoms with Crippen molar-refractivity contribution in [2.24, 2.45) is 11.8 Å². The molecule has 0 radical (unpaired) electrons. The number of fused-ring (bicyclic) bond motifs is 2. The van der Waals surface area contributed by atoms with Crippen LogP contribution in [0.4, 0.5) is 0 Å². The van der Waals surface area contributed by atoms with Crippen LogP contribution in [0.25, 0.3) is 12.2 Å². The van der Waals surface area contributed by atoms with E-state index < -0.39 is 25.8 Å². The molecule has 2 atom stereocenters. The number of rotatable bonds is 4. The number of benzene rings is 2. The van der Waals surface area contributed by atoms with Crippen molar-refractivity contribution in [3.05, 3.63) is 79.8 Å². The van der Waals surface area contributed by atoms with Gasteiger partial charge in [0.05, 0.1) is 0 Å². The molecule has 2 aromatic rings. The SMILES string of the molecule is C[Si](C)=[Zr+2]([CH]1C(C2CC2)=Cc2c(Cl)cccc21)[CH]1C(C2CC2)=Cc2c(Cl)cccc21.[Cl-].[Cl-]. The van der Waals surface area contributed by atoms with Gasteiger partial charge in [-0.3, -0.25) is 0 Å². The van der Waals surface area contributed by atoms with Crippen LogP contribution in [-0.2, 0) is 20.4 Å². The standard InChI is InChI=1S/2C12H10Cl.C2H6Si.2ClH.Zr/c2*13-12-3-1-2-9-6-10(7-11(9)12)8-4-5-8;1-3-2;;;/h2*1-3,6-8H,4-5H2;1-2H3;2*1H;/q;;;;;+2/p-2. The van der Waals surface area contributed by atoms with Gasteiger partial charge in [-0.05, 0) is 0 Å². The third kappa shape index (κ3) is 4.20. The van der Waals surface area contributed by atoms with Gasteiger partial charge in [-0.1, -0.05) is 0 Å². The van der Waals surface area contributed by atoms with Gasteiger partial charge in [-0.2, -0.15) is 0 Å². The molecule has 0 amide bonds. The van der Waals surface area contributed by atoms with Crippen molar-refractivity contribution in [3.8, 4) is 0 Å². The fourth-order valence-corrected chi connectivity index (χ4v) is 26.7. The summed E-state index contributed by atoms with van der Waals surface area (Å²) in [6.07, 6.45) is 10.5. The Labute approximate surface area is 221 Å². The van der Waals surface area contributed by atoms with Crippen LogP contribution < -0.4 is 24.8 Å². The average molecular weight is 600 g/mol. The summed E-state index contributed by atoms with van der Waals surface area (Å²) in [5.74, 6) is 1.62. The second-order valence-electron chi connectivity index (χ2n) is 9.64. The molecule has 32 heavy (non-hydrogen) atoms. The van der Waals surface area contributed by atoms with Crippen molar-refractivity contribution in [1.29, 1.82) is 0 Å². The molecule has 0 aromatic heterocycles. The maximum Gasteiger partial charge on any atom is -1.00 e. The van der Waals surface area contributed by atoms with Gasteiger partial charge in [0.2, 0.25) is 0 Å². The molecule has 0 bridgehead atoms. The van der Waals surface area contributed by atoms with Crippen LogP contribution in [0.3, 0.4) is 0 Å². The van der Waals surface area contributed by atoms with Crippen molar-refractivity contribution < 1.29 is 45.2 Å². The van der Waals surface area contributed by atoms with E-state index in [0.29, 0.717) is 7.25 Å². The number of halogens is 4. The zero-order chi connectivity index (χ0) is 20.6. The molecule has 0 nitrogen and oxygen atoms in total. The Morgan fingerprint density at radius 2 is 1.12 bits per heavy atom. The van der Waals surface area contributed by atoms with Crippen LogP contribution in [0, 0.1) is 11.8 Å². The molecule has 6 heteroatoms. The summed E-state index contributed by atoms with van der Waals surface area (Å²) >= 11 is 11.4. The molecular formula is C26H26Cl4SiZr. The predicted molar refractivity (Wildman–Crippen MR) is 127 cm³/mol. The molecule has 0 spiro atoms. The zero-order valence-electron chi connectivity index (χ0n) is 18.3. The minimum atomic E-state index is -2.00. The molecule has 4 aliphatic rings. The number of allylic oxidation sites excluding steroid dienone is 2. The molecule has 0 aliphatic heterocycles. The molecule has 4 aliphatic carbocycles. The van der Waals surface area contributed by atoms with E-state index in [4.69, 9.17) is 23.2 Å². The third-order valence-corrected chi connectivity index (χ3v) is 27.4. The van der Waals surface area contributed by atoms with Gasteiger partial charge in [0, 0.05) is 0 Å². The van der Waals surface area contributed by atoms with Crippen LogP contribution >= 0.6 is 23.2 Å². The maximum atomic E-state index is 6.72. The summed E-state index contributed by atoms with van der Waals surface area (Å²) < 4.78 is 1.41. The first-order chi connectivity index (χ1) is 14.5. The van der Waals surface area contributed by atoms with E-state index >= 15 is 0 Å². The Bertz CT molecular complexity index is 1080. The molecule has 0 heterocycles. The molecule has 0 saturated heterocycles. The molecule has 0 N–H and O–H groups in total. The van der Waals surface area contributed by atoms with E-state index in [1.54, 1.807) is 22.3 Å². The second kappa shape index (κ2) is 9.67. The van der Waals surface area contributed by atoms with Gasteiger partial charge >= 0.3 is 199 Å². The first kappa shape index (κ1) is 25.3. The molecule has 6 rings (SSSR count). The van der Waals surface area contributed by atoms with Gasteiger partial charge in [0.15, 0.2) is 0 Å². The number of hydrogen-bond acceptors (Lipinski definition) is 0. The van der Waals surface area contributed by atoms with Crippen molar-refractivity contribution in [2.75, 3.05) is 0 Å². The summed E-state index contributed by atoms with van der Waals surface area (Å²) in [4.78, 5) is 0. The summed E-state index contributed by atoms with van der Waals surface area (Å²) in [5, 5.41) is 1.90. The first-order valence-electron chi connectivity index (χ1n) is 11.2. The first-order valence-corrected chi connectivity index (χ1v) is 21.0. The van der Waals surface area contributed by atoms with E-state index in [0.717, 1.165) is 21.9 Å². The molecular weight excluding hydrogens is 573 g/mol. The minimum absolute atomic E-state index is 0. The molecule has 166 valence electrons. The Morgan fingerprint density at radius 1 is 0.719 bits per heavy atom. The summed E-state index contributed by atoms with van der Waals surface area (Å²) in [6, 6.07) is 13.3. The Morgan fingerprint density at radius 3 is 1.47 bits per heavy atom. The normalized spacial score (nSPS) is 22.5. The largest absolute Gasteiger partial charge is 1.00 e. The van der Waals surface area contributed by atoms with Crippen LogP contribution in [0.1, 0.15) is 55.2 Å². The third-order valence-electron chi connectivity index (χ3n) is 7.38. The molecule has 2 fully saturated rings. The summed E-state index contributed by atoms with van der Waals surface area (Å²) in [7, 11) is 0. The van der Waals surface area contributed by atoms with E-state index in [9.17, 15) is 0 Å². The zero-order valence-corrected chi connectivity index (χ0v) is 24.8. The van der Waals surface area contributed by atoms with Crippen LogP contribution in [0.2, 0.25) is 23.1 Å². The van der Waals surface area contributed by atoms with Gasteiger partial charge in [-0.15, -0.1) is 0 Å². The maximum absolute atomic E-state index is 6.72. The second-order valence-corrected chi connectivity index (χ2v) is 28.3. The smallest absolute Gasteiger partial charge is 1.00 e. The monoisotopic (exact) mass is 596 g/mol. The van der Waals surface area contributed by atoms with Crippen LogP contribution in [0.5, 0.6) is 0 Å². The molecule has 2 aromatic carbocycles. The number of hydrogen-bond donors (Lipinski definition) is 0. The van der Waals surface area contributed by atoms with Gasteiger partial charge in [0.25, 0.3) is 0 Å². The topological polar surface area (TPSA) is 0 Å². The van der Waals surface area contributed by atoms with Gasteiger partial charge < -0.3 is 24.8 Å². The van der Waals surface area contributed by atoms with Crippen LogP contribution in [-0.4, -0.2) is 5.43 Å². The Balaban J connectivity index is 0.00000122. The molecule has 2 unspecified atom stereocenters. The van der Waals surface area contributed by atoms with Gasteiger partial charge in [0.1, 0.15) is 0 Å². The van der Waals surface area contributed by atoms with Crippen molar-refractivity contribution in [2.45, 2.75) is 46.0 Å². The van der Waals surface area contributed by atoms with E-state index in [1.165, 1.54) is 36.8 Å².